The van der Waals surface area contributed by atoms with Crippen LogP contribution in [0.4, 0.5) is 17.6 Å². The van der Waals surface area contributed by atoms with Crippen LogP contribution in [0.25, 0.3) is 0 Å². The van der Waals surface area contributed by atoms with Crippen LogP contribution in [0.1, 0.15) is 25.0 Å². The van der Waals surface area contributed by atoms with Gasteiger partial charge in [0.2, 0.25) is 0 Å². The highest BCUT2D eigenvalue weighted by Gasteiger charge is 2.41. The molecule has 158 valence electrons. The monoisotopic (exact) mass is 404 g/mol. The minimum Gasteiger partial charge on any atom is -0.380 e. The van der Waals surface area contributed by atoms with Gasteiger partial charge in [0, 0.05) is 45.4 Å². The number of guanidine groups is 1. The number of aliphatic imine (C=N–C) groups is 1. The number of rotatable bonds is 6. The fourth-order valence-electron chi connectivity index (χ4n) is 3.11. The van der Waals surface area contributed by atoms with Gasteiger partial charge in [0.1, 0.15) is 11.9 Å². The van der Waals surface area contributed by atoms with Crippen LogP contribution < -0.4 is 5.32 Å². The average Bonchev–Trinajstić information content (AvgIpc) is 2.66. The van der Waals surface area contributed by atoms with E-state index in [1.807, 2.05) is 11.8 Å². The Balaban J connectivity index is 2.02. The summed E-state index contributed by atoms with van der Waals surface area (Å²) >= 11 is 0. The van der Waals surface area contributed by atoms with Crippen LogP contribution in [0.15, 0.2) is 23.2 Å². The molecule has 1 aromatic rings. The van der Waals surface area contributed by atoms with Gasteiger partial charge in [0.05, 0.1) is 13.2 Å². The van der Waals surface area contributed by atoms with Gasteiger partial charge >= 0.3 is 6.18 Å². The van der Waals surface area contributed by atoms with Gasteiger partial charge in [-0.3, -0.25) is 4.90 Å². The van der Waals surface area contributed by atoms with Crippen LogP contribution in [-0.4, -0.2) is 67.8 Å². The Labute approximate surface area is 163 Å². The van der Waals surface area contributed by atoms with Crippen molar-refractivity contribution < 1.29 is 22.3 Å². The van der Waals surface area contributed by atoms with Crippen molar-refractivity contribution in [3.63, 3.8) is 0 Å². The lowest BCUT2D eigenvalue weighted by Crippen LogP contribution is -2.56. The Bertz CT molecular complexity index is 658. The lowest BCUT2D eigenvalue weighted by atomic mass is 10.1. The number of halogens is 4. The first-order valence-electron chi connectivity index (χ1n) is 9.36. The molecule has 1 unspecified atom stereocenters. The first-order valence-corrected chi connectivity index (χ1v) is 9.36. The number of nitrogens with zero attached hydrogens (tertiary/aromatic N) is 3. The number of hydrogen-bond donors (Lipinski definition) is 1. The van der Waals surface area contributed by atoms with E-state index in [2.05, 4.69) is 10.3 Å². The summed E-state index contributed by atoms with van der Waals surface area (Å²) in [7, 11) is 1.51. The maximum Gasteiger partial charge on any atom is 0.403 e. The maximum atomic E-state index is 13.7. The molecule has 1 atom stereocenters. The minimum atomic E-state index is -4.22. The number of alkyl halides is 3. The van der Waals surface area contributed by atoms with E-state index in [1.165, 1.54) is 25.0 Å². The second-order valence-electron chi connectivity index (χ2n) is 6.77. The standard InChI is InChI=1S/C19H28F4N4O/c1-4-24-18(25-12-15-5-6-17(20)16(11-15)13-28-3)27-9-7-26(8-10-27)14(2)19(21,22)23/h5-6,11,14H,4,7-10,12-13H2,1-3H3,(H,24,25). The molecule has 1 saturated heterocycles. The summed E-state index contributed by atoms with van der Waals surface area (Å²) in [5.74, 6) is 0.329. The molecule has 5 nitrogen and oxygen atoms in total. The number of nitrogens with one attached hydrogen (secondary N) is 1. The first kappa shape index (κ1) is 22.4. The topological polar surface area (TPSA) is 40.1 Å². The van der Waals surface area contributed by atoms with Gasteiger partial charge in [-0.05, 0) is 31.5 Å². The molecule has 0 amide bonds. The van der Waals surface area contributed by atoms with Crippen LogP contribution >= 0.6 is 0 Å². The summed E-state index contributed by atoms with van der Waals surface area (Å²) in [6, 6.07) is 3.33. The normalized spacial score (nSPS) is 17.7. The van der Waals surface area contributed by atoms with Crippen molar-refractivity contribution in [3.8, 4) is 0 Å². The zero-order chi connectivity index (χ0) is 20.7. The Morgan fingerprint density at radius 3 is 2.50 bits per heavy atom. The Morgan fingerprint density at radius 2 is 1.93 bits per heavy atom. The van der Waals surface area contributed by atoms with Crippen molar-refractivity contribution in [3.05, 3.63) is 35.1 Å². The van der Waals surface area contributed by atoms with E-state index in [-0.39, 0.29) is 12.4 Å². The third-order valence-electron chi connectivity index (χ3n) is 4.79. The molecule has 0 aliphatic carbocycles. The van der Waals surface area contributed by atoms with Crippen LogP contribution in [0.3, 0.4) is 0 Å². The Kier molecular flexibility index (Phi) is 8.06. The van der Waals surface area contributed by atoms with Crippen molar-refractivity contribution in [2.45, 2.75) is 39.2 Å². The fourth-order valence-corrected chi connectivity index (χ4v) is 3.11. The van der Waals surface area contributed by atoms with Crippen LogP contribution in [0.2, 0.25) is 0 Å². The van der Waals surface area contributed by atoms with Crippen LogP contribution in [0, 0.1) is 5.82 Å². The first-order chi connectivity index (χ1) is 13.3. The molecule has 1 aliphatic rings. The van der Waals surface area contributed by atoms with E-state index in [0.717, 1.165) is 5.56 Å². The number of hydrogen-bond acceptors (Lipinski definition) is 3. The second kappa shape index (κ2) is 10.1. The van der Waals surface area contributed by atoms with Crippen molar-refractivity contribution in [1.82, 2.24) is 15.1 Å². The van der Waals surface area contributed by atoms with Crippen molar-refractivity contribution in [2.24, 2.45) is 4.99 Å². The van der Waals surface area contributed by atoms with E-state index >= 15 is 0 Å². The van der Waals surface area contributed by atoms with Gasteiger partial charge in [-0.1, -0.05) is 6.07 Å². The third-order valence-corrected chi connectivity index (χ3v) is 4.79. The second-order valence-corrected chi connectivity index (χ2v) is 6.77. The highest BCUT2D eigenvalue weighted by atomic mass is 19.4. The summed E-state index contributed by atoms with van der Waals surface area (Å²) in [6.45, 7) is 5.87. The molecule has 9 heteroatoms. The van der Waals surface area contributed by atoms with Crippen LogP contribution in [-0.2, 0) is 17.9 Å². The van der Waals surface area contributed by atoms with Gasteiger partial charge in [-0.2, -0.15) is 13.2 Å². The Morgan fingerprint density at radius 1 is 1.25 bits per heavy atom. The minimum absolute atomic E-state index is 0.183. The van der Waals surface area contributed by atoms with E-state index in [9.17, 15) is 17.6 Å². The number of ether oxygens (including phenoxy) is 1. The quantitative estimate of drug-likeness (QED) is 0.450. The molecule has 1 aliphatic heterocycles. The lowest BCUT2D eigenvalue weighted by Gasteiger charge is -2.39. The van der Waals surface area contributed by atoms with Crippen molar-refractivity contribution in [1.29, 1.82) is 0 Å². The predicted octanol–water partition coefficient (Wildman–Crippen LogP) is 3.01. The third kappa shape index (κ3) is 6.07. The zero-order valence-corrected chi connectivity index (χ0v) is 16.5. The molecule has 1 heterocycles. The van der Waals surface area contributed by atoms with Gasteiger partial charge < -0.3 is 15.0 Å². The van der Waals surface area contributed by atoms with Gasteiger partial charge in [-0.25, -0.2) is 9.38 Å². The molecule has 1 aromatic carbocycles. The highest BCUT2D eigenvalue weighted by Crippen LogP contribution is 2.25. The Hall–Kier alpha value is -1.87. The fraction of sp³-hybridized carbons (Fsp3) is 0.632. The molecular weight excluding hydrogens is 376 g/mol. The average molecular weight is 404 g/mol. The van der Waals surface area contributed by atoms with Crippen LogP contribution in [0.5, 0.6) is 0 Å². The zero-order valence-electron chi connectivity index (χ0n) is 16.5. The molecule has 0 bridgehead atoms. The SMILES string of the molecule is CCNC(=NCc1ccc(F)c(COC)c1)N1CCN(C(C)C(F)(F)F)CC1. The van der Waals surface area contributed by atoms with Crippen molar-refractivity contribution in [2.75, 3.05) is 39.8 Å². The van der Waals surface area contributed by atoms with Gasteiger partial charge in [0.15, 0.2) is 5.96 Å². The summed E-state index contributed by atoms with van der Waals surface area (Å²) in [5.41, 5.74) is 1.31. The summed E-state index contributed by atoms with van der Waals surface area (Å²) in [6.07, 6.45) is -4.22. The largest absolute Gasteiger partial charge is 0.403 e. The van der Waals surface area contributed by atoms with Gasteiger partial charge in [-0.15, -0.1) is 0 Å². The predicted molar refractivity (Wildman–Crippen MR) is 101 cm³/mol. The smallest absolute Gasteiger partial charge is 0.380 e. The molecule has 0 spiro atoms. The maximum absolute atomic E-state index is 13.7. The molecule has 0 radical (unpaired) electrons. The molecule has 1 N–H and O–H groups in total. The lowest BCUT2D eigenvalue weighted by molar-refractivity contribution is -0.181. The van der Waals surface area contributed by atoms with E-state index < -0.39 is 12.2 Å². The molecular formula is C19H28F4N4O. The summed E-state index contributed by atoms with van der Waals surface area (Å²) < 4.78 is 57.4. The highest BCUT2D eigenvalue weighted by molar-refractivity contribution is 5.80. The van der Waals surface area contributed by atoms with Crippen molar-refractivity contribution >= 4 is 5.96 Å². The molecule has 1 fully saturated rings. The van der Waals surface area contributed by atoms with E-state index in [1.54, 1.807) is 12.1 Å². The number of methoxy groups -OCH3 is 1. The molecule has 0 aromatic heterocycles. The van der Waals surface area contributed by atoms with E-state index in [0.29, 0.717) is 50.8 Å². The summed E-state index contributed by atoms with van der Waals surface area (Å²) in [5, 5.41) is 3.18. The molecule has 2 rings (SSSR count). The molecule has 0 saturated carbocycles. The van der Waals surface area contributed by atoms with Gasteiger partial charge in [0.25, 0.3) is 0 Å². The van der Waals surface area contributed by atoms with E-state index in [4.69, 9.17) is 4.74 Å². The summed E-state index contributed by atoms with van der Waals surface area (Å²) in [4.78, 5) is 7.99. The molecule has 28 heavy (non-hydrogen) atoms. The number of piperazine rings is 1. The number of benzene rings is 1.